The molecule has 1 aromatic carbocycles. The van der Waals surface area contributed by atoms with E-state index in [9.17, 15) is 0 Å². The summed E-state index contributed by atoms with van der Waals surface area (Å²) >= 11 is 0. The van der Waals surface area contributed by atoms with E-state index in [1.807, 2.05) is 14.1 Å². The number of rotatable bonds is 3. The first kappa shape index (κ1) is 14.5. The minimum absolute atomic E-state index is 0.328. The van der Waals surface area contributed by atoms with Crippen LogP contribution in [0.1, 0.15) is 11.1 Å². The van der Waals surface area contributed by atoms with Crippen LogP contribution in [0.2, 0.25) is 0 Å². The fraction of sp³-hybridized carbons (Fsp3) is 0.200. The third-order valence-electron chi connectivity index (χ3n) is 4.20. The molecule has 2 nitrogen and oxygen atoms in total. The van der Waals surface area contributed by atoms with Crippen molar-refractivity contribution in [3.8, 4) is 0 Å². The summed E-state index contributed by atoms with van der Waals surface area (Å²) in [5.41, 5.74) is 4.87. The van der Waals surface area contributed by atoms with Crippen LogP contribution in [0.25, 0.3) is 11.8 Å². The lowest BCUT2D eigenvalue weighted by atomic mass is 9.90. The van der Waals surface area contributed by atoms with Crippen LogP contribution in [0, 0.1) is 11.8 Å². The smallest absolute Gasteiger partial charge is 0.0383 e. The topological polar surface area (TPSA) is 24.1 Å². The van der Waals surface area contributed by atoms with Gasteiger partial charge in [-0.1, -0.05) is 66.8 Å². The minimum atomic E-state index is 0.328. The summed E-state index contributed by atoms with van der Waals surface area (Å²) in [7, 11) is 3.95. The SMILES string of the molecule is CNC1=CC(C2C=Cc3ccccc3C(NC)=C2)C=CC=C1. The van der Waals surface area contributed by atoms with Crippen LogP contribution < -0.4 is 10.6 Å². The molecule has 0 amide bonds. The molecule has 0 radical (unpaired) electrons. The monoisotopic (exact) mass is 290 g/mol. The summed E-state index contributed by atoms with van der Waals surface area (Å²) in [5, 5.41) is 6.60. The standard InChI is InChI=1S/C20H22N2/c1-21-18-9-5-3-8-16(13-18)17-12-11-15-7-4-6-10-19(15)20(14-17)22-2/h3-14,16-17,21-22H,1-2H3. The van der Waals surface area contributed by atoms with E-state index in [-0.39, 0.29) is 0 Å². The molecule has 1 aromatic rings. The lowest BCUT2D eigenvalue weighted by Crippen LogP contribution is -2.12. The number of benzene rings is 1. The molecule has 0 saturated heterocycles. The lowest BCUT2D eigenvalue weighted by Gasteiger charge is -2.17. The molecule has 3 rings (SSSR count). The van der Waals surface area contributed by atoms with E-state index >= 15 is 0 Å². The van der Waals surface area contributed by atoms with Crippen molar-refractivity contribution in [1.82, 2.24) is 10.6 Å². The Balaban J connectivity index is 1.99. The van der Waals surface area contributed by atoms with Crippen molar-refractivity contribution in [2.45, 2.75) is 0 Å². The number of hydrogen-bond acceptors (Lipinski definition) is 2. The Labute approximate surface area is 132 Å². The fourth-order valence-corrected chi connectivity index (χ4v) is 2.97. The highest BCUT2D eigenvalue weighted by Crippen LogP contribution is 2.30. The molecular formula is C20H22N2. The molecule has 0 spiro atoms. The van der Waals surface area contributed by atoms with E-state index in [2.05, 4.69) is 83.5 Å². The molecule has 0 fully saturated rings. The summed E-state index contributed by atoms with van der Waals surface area (Å²) in [6.45, 7) is 0. The van der Waals surface area contributed by atoms with E-state index in [1.165, 1.54) is 16.8 Å². The maximum absolute atomic E-state index is 3.36. The number of nitrogens with one attached hydrogen (secondary N) is 2. The molecule has 2 N–H and O–H groups in total. The second kappa shape index (κ2) is 6.52. The van der Waals surface area contributed by atoms with Crippen LogP contribution in [0.4, 0.5) is 0 Å². The first-order chi connectivity index (χ1) is 10.8. The van der Waals surface area contributed by atoms with E-state index in [0.29, 0.717) is 11.8 Å². The van der Waals surface area contributed by atoms with Crippen molar-refractivity contribution < 1.29 is 0 Å². The molecule has 112 valence electrons. The number of hydrogen-bond donors (Lipinski definition) is 2. The van der Waals surface area contributed by atoms with Crippen molar-refractivity contribution in [3.63, 3.8) is 0 Å². The van der Waals surface area contributed by atoms with Gasteiger partial charge in [0.05, 0.1) is 0 Å². The van der Waals surface area contributed by atoms with Crippen molar-refractivity contribution in [2.24, 2.45) is 11.8 Å². The number of fused-ring (bicyclic) bond motifs is 1. The second-order valence-electron chi connectivity index (χ2n) is 5.55. The molecule has 0 aliphatic heterocycles. The molecule has 0 bridgehead atoms. The molecule has 2 heteroatoms. The van der Waals surface area contributed by atoms with E-state index < -0.39 is 0 Å². The molecule has 0 heterocycles. The third kappa shape index (κ3) is 2.91. The molecule has 2 aliphatic carbocycles. The molecule has 22 heavy (non-hydrogen) atoms. The summed E-state index contributed by atoms with van der Waals surface area (Å²) in [6.07, 6.45) is 17.7. The Morgan fingerprint density at radius 2 is 1.64 bits per heavy atom. The van der Waals surface area contributed by atoms with Crippen LogP contribution in [0.15, 0.2) is 72.5 Å². The predicted molar refractivity (Wildman–Crippen MR) is 94.9 cm³/mol. The van der Waals surface area contributed by atoms with Gasteiger partial charge in [-0.2, -0.15) is 0 Å². The highest BCUT2D eigenvalue weighted by Gasteiger charge is 2.18. The lowest BCUT2D eigenvalue weighted by molar-refractivity contribution is 0.671. The molecule has 2 atom stereocenters. The van der Waals surface area contributed by atoms with Gasteiger partial charge in [0.15, 0.2) is 0 Å². The molecule has 2 unspecified atom stereocenters. The quantitative estimate of drug-likeness (QED) is 0.886. The maximum atomic E-state index is 3.36. The molecule has 2 aliphatic rings. The van der Waals surface area contributed by atoms with Crippen molar-refractivity contribution in [1.29, 1.82) is 0 Å². The zero-order valence-corrected chi connectivity index (χ0v) is 13.1. The van der Waals surface area contributed by atoms with Gasteiger partial charge in [-0.3, -0.25) is 0 Å². The first-order valence-electron chi connectivity index (χ1n) is 7.73. The third-order valence-corrected chi connectivity index (χ3v) is 4.20. The van der Waals surface area contributed by atoms with Crippen LogP contribution in [0.5, 0.6) is 0 Å². The van der Waals surface area contributed by atoms with Gasteiger partial charge in [0, 0.05) is 42.9 Å². The van der Waals surface area contributed by atoms with Gasteiger partial charge in [0.25, 0.3) is 0 Å². The summed E-state index contributed by atoms with van der Waals surface area (Å²) in [5.74, 6) is 0.667. The van der Waals surface area contributed by atoms with Gasteiger partial charge in [-0.15, -0.1) is 0 Å². The van der Waals surface area contributed by atoms with Crippen LogP contribution in [-0.4, -0.2) is 14.1 Å². The second-order valence-corrected chi connectivity index (χ2v) is 5.55. The van der Waals surface area contributed by atoms with Crippen LogP contribution >= 0.6 is 0 Å². The Bertz CT molecular complexity index is 689. The normalized spacial score (nSPS) is 23.0. The fourth-order valence-electron chi connectivity index (χ4n) is 2.97. The minimum Gasteiger partial charge on any atom is -0.388 e. The van der Waals surface area contributed by atoms with Gasteiger partial charge in [0.2, 0.25) is 0 Å². The van der Waals surface area contributed by atoms with E-state index in [0.717, 1.165) is 5.70 Å². The highest BCUT2D eigenvalue weighted by molar-refractivity contribution is 5.75. The average Bonchev–Trinajstić information content (AvgIpc) is 2.91. The van der Waals surface area contributed by atoms with Crippen LogP contribution in [-0.2, 0) is 0 Å². The maximum Gasteiger partial charge on any atom is 0.0383 e. The van der Waals surface area contributed by atoms with E-state index in [4.69, 9.17) is 0 Å². The first-order valence-corrected chi connectivity index (χ1v) is 7.73. The number of likely N-dealkylation sites (N-methyl/N-ethyl adjacent to an activating group) is 1. The van der Waals surface area contributed by atoms with Gasteiger partial charge < -0.3 is 10.6 Å². The Morgan fingerprint density at radius 3 is 2.45 bits per heavy atom. The zero-order valence-electron chi connectivity index (χ0n) is 13.1. The highest BCUT2D eigenvalue weighted by atomic mass is 14.8. The van der Waals surface area contributed by atoms with Gasteiger partial charge in [0.1, 0.15) is 0 Å². The Morgan fingerprint density at radius 1 is 0.818 bits per heavy atom. The van der Waals surface area contributed by atoms with Gasteiger partial charge in [-0.25, -0.2) is 0 Å². The molecular weight excluding hydrogens is 268 g/mol. The summed E-state index contributed by atoms with van der Waals surface area (Å²) < 4.78 is 0. The van der Waals surface area contributed by atoms with Crippen molar-refractivity contribution in [3.05, 3.63) is 83.6 Å². The van der Waals surface area contributed by atoms with Crippen molar-refractivity contribution in [2.75, 3.05) is 14.1 Å². The number of allylic oxidation sites excluding steroid dienone is 7. The van der Waals surface area contributed by atoms with Crippen molar-refractivity contribution >= 4 is 11.8 Å². The molecule has 0 saturated carbocycles. The predicted octanol–water partition coefficient (Wildman–Crippen LogP) is 3.74. The summed E-state index contributed by atoms with van der Waals surface area (Å²) in [4.78, 5) is 0. The largest absolute Gasteiger partial charge is 0.388 e. The zero-order chi connectivity index (χ0) is 15.4. The Kier molecular flexibility index (Phi) is 4.29. The summed E-state index contributed by atoms with van der Waals surface area (Å²) in [6, 6.07) is 8.51. The Hall–Kier alpha value is -2.48. The van der Waals surface area contributed by atoms with Gasteiger partial charge >= 0.3 is 0 Å². The van der Waals surface area contributed by atoms with Crippen LogP contribution in [0.3, 0.4) is 0 Å². The van der Waals surface area contributed by atoms with E-state index in [1.54, 1.807) is 0 Å². The van der Waals surface area contributed by atoms with Gasteiger partial charge in [-0.05, 0) is 11.6 Å². The average molecular weight is 290 g/mol. The molecule has 0 aromatic heterocycles.